The van der Waals surface area contributed by atoms with Gasteiger partial charge in [0, 0.05) is 11.6 Å². The number of methoxy groups -OCH3 is 1. The second-order valence-electron chi connectivity index (χ2n) is 4.22. The summed E-state index contributed by atoms with van der Waals surface area (Å²) in [4.78, 5) is 0. The van der Waals surface area contributed by atoms with E-state index in [1.54, 1.807) is 13.2 Å². The highest BCUT2D eigenvalue weighted by Crippen LogP contribution is 2.37. The number of hydrogen-bond acceptors (Lipinski definition) is 1. The largest absolute Gasteiger partial charge is 0.496 e. The summed E-state index contributed by atoms with van der Waals surface area (Å²) in [6.07, 6.45) is 0. The van der Waals surface area contributed by atoms with Gasteiger partial charge in [0.2, 0.25) is 0 Å². The summed E-state index contributed by atoms with van der Waals surface area (Å²) in [5, 5.41) is 1.09. The maximum atomic E-state index is 5.96. The van der Waals surface area contributed by atoms with Crippen LogP contribution in [0.15, 0.2) is 12.1 Å². The molecule has 1 aromatic rings. The number of ether oxygens (including phenoxy) is 1. The van der Waals surface area contributed by atoms with E-state index in [4.69, 9.17) is 27.9 Å². The zero-order valence-electron chi connectivity index (χ0n) is 8.82. The van der Waals surface area contributed by atoms with Crippen molar-refractivity contribution in [2.75, 3.05) is 7.11 Å². The molecule has 0 amide bonds. The lowest BCUT2D eigenvalue weighted by molar-refractivity contribution is 0.397. The van der Waals surface area contributed by atoms with Crippen LogP contribution >= 0.6 is 23.2 Å². The Balaban J connectivity index is 3.35. The van der Waals surface area contributed by atoms with Crippen LogP contribution in [0.2, 0.25) is 10.0 Å². The molecule has 0 saturated heterocycles. The Morgan fingerprint density at radius 3 is 2.00 bits per heavy atom. The zero-order valence-corrected chi connectivity index (χ0v) is 10.3. The van der Waals surface area contributed by atoms with Crippen LogP contribution in [0.25, 0.3) is 0 Å². The molecule has 0 radical (unpaired) electrons. The molecule has 0 aliphatic carbocycles. The van der Waals surface area contributed by atoms with Crippen molar-refractivity contribution in [3.05, 3.63) is 27.7 Å². The van der Waals surface area contributed by atoms with Gasteiger partial charge in [-0.05, 0) is 11.5 Å². The van der Waals surface area contributed by atoms with Crippen LogP contribution in [0.1, 0.15) is 26.3 Å². The Hall–Kier alpha value is -0.400. The van der Waals surface area contributed by atoms with E-state index in [1.165, 1.54) is 0 Å². The molecule has 1 aromatic carbocycles. The first kappa shape index (κ1) is 11.7. The predicted octanol–water partition coefficient (Wildman–Crippen LogP) is 4.30. The van der Waals surface area contributed by atoms with Gasteiger partial charge in [-0.2, -0.15) is 0 Å². The third-order valence-electron chi connectivity index (χ3n) is 2.05. The van der Waals surface area contributed by atoms with E-state index < -0.39 is 0 Å². The maximum absolute atomic E-state index is 5.96. The molecule has 0 saturated carbocycles. The van der Waals surface area contributed by atoms with Gasteiger partial charge in [0.05, 0.1) is 17.2 Å². The average Bonchev–Trinajstić information content (AvgIpc) is 2.07. The maximum Gasteiger partial charge on any atom is 0.124 e. The summed E-state index contributed by atoms with van der Waals surface area (Å²) in [7, 11) is 1.63. The number of halogens is 2. The summed E-state index contributed by atoms with van der Waals surface area (Å²) in [6.45, 7) is 6.32. The third kappa shape index (κ3) is 2.34. The summed E-state index contributed by atoms with van der Waals surface area (Å²) in [6, 6.07) is 3.62. The van der Waals surface area contributed by atoms with Crippen molar-refractivity contribution >= 4 is 23.2 Å². The van der Waals surface area contributed by atoms with E-state index in [2.05, 4.69) is 20.8 Å². The lowest BCUT2D eigenvalue weighted by Gasteiger charge is -2.22. The van der Waals surface area contributed by atoms with Crippen molar-refractivity contribution < 1.29 is 4.74 Å². The summed E-state index contributed by atoms with van der Waals surface area (Å²) in [5.74, 6) is 0.784. The second-order valence-corrected chi connectivity index (χ2v) is 5.03. The van der Waals surface area contributed by atoms with E-state index in [-0.39, 0.29) is 5.41 Å². The van der Waals surface area contributed by atoms with Gasteiger partial charge in [0.15, 0.2) is 0 Å². The van der Waals surface area contributed by atoms with Gasteiger partial charge in [0.1, 0.15) is 5.75 Å². The molecule has 0 atom stereocenters. The second kappa shape index (κ2) is 4.00. The predicted molar refractivity (Wildman–Crippen MR) is 61.7 cm³/mol. The first-order valence-corrected chi connectivity index (χ1v) is 5.15. The van der Waals surface area contributed by atoms with Crippen LogP contribution in [0, 0.1) is 0 Å². The van der Waals surface area contributed by atoms with Gasteiger partial charge < -0.3 is 4.74 Å². The van der Waals surface area contributed by atoms with Crippen LogP contribution < -0.4 is 4.74 Å². The first-order chi connectivity index (χ1) is 6.36. The lowest BCUT2D eigenvalue weighted by atomic mass is 9.86. The van der Waals surface area contributed by atoms with E-state index >= 15 is 0 Å². The summed E-state index contributed by atoms with van der Waals surface area (Å²) >= 11 is 11.9. The Kier molecular flexibility index (Phi) is 3.33. The van der Waals surface area contributed by atoms with Crippen molar-refractivity contribution in [2.45, 2.75) is 26.2 Å². The molecule has 0 bridgehead atoms. The van der Waals surface area contributed by atoms with Crippen molar-refractivity contribution in [1.82, 2.24) is 0 Å². The van der Waals surface area contributed by atoms with Crippen molar-refractivity contribution in [3.63, 3.8) is 0 Å². The fourth-order valence-corrected chi connectivity index (χ4v) is 1.60. The molecule has 0 heterocycles. The highest BCUT2D eigenvalue weighted by molar-refractivity contribution is 6.42. The minimum atomic E-state index is -0.000424. The first-order valence-electron chi connectivity index (χ1n) is 4.40. The lowest BCUT2D eigenvalue weighted by Crippen LogP contribution is -2.12. The number of hydrogen-bond donors (Lipinski definition) is 0. The van der Waals surface area contributed by atoms with E-state index in [1.807, 2.05) is 6.07 Å². The van der Waals surface area contributed by atoms with Crippen LogP contribution in [0.4, 0.5) is 0 Å². The van der Waals surface area contributed by atoms with E-state index in [9.17, 15) is 0 Å². The van der Waals surface area contributed by atoms with Crippen molar-refractivity contribution in [3.8, 4) is 5.75 Å². The SMILES string of the molecule is COc1cc(Cl)c(Cl)cc1C(C)(C)C. The quantitative estimate of drug-likeness (QED) is 0.702. The standard InChI is InChI=1S/C11H14Cl2O/c1-11(2,3)7-5-8(12)9(13)6-10(7)14-4/h5-6H,1-4H3. The van der Waals surface area contributed by atoms with Gasteiger partial charge in [-0.15, -0.1) is 0 Å². The molecular formula is C11H14Cl2O. The van der Waals surface area contributed by atoms with Gasteiger partial charge in [0.25, 0.3) is 0 Å². The molecule has 1 nitrogen and oxygen atoms in total. The number of rotatable bonds is 1. The molecule has 0 aromatic heterocycles. The summed E-state index contributed by atoms with van der Waals surface area (Å²) in [5.41, 5.74) is 1.06. The molecule has 78 valence electrons. The van der Waals surface area contributed by atoms with Crippen molar-refractivity contribution in [1.29, 1.82) is 0 Å². The minimum Gasteiger partial charge on any atom is -0.496 e. The Morgan fingerprint density at radius 2 is 1.57 bits per heavy atom. The van der Waals surface area contributed by atoms with E-state index in [0.29, 0.717) is 10.0 Å². The zero-order chi connectivity index (χ0) is 10.9. The smallest absolute Gasteiger partial charge is 0.124 e. The van der Waals surface area contributed by atoms with Gasteiger partial charge in [-0.25, -0.2) is 0 Å². The molecule has 0 fully saturated rings. The summed E-state index contributed by atoms with van der Waals surface area (Å²) < 4.78 is 5.26. The average molecular weight is 233 g/mol. The monoisotopic (exact) mass is 232 g/mol. The fraction of sp³-hybridized carbons (Fsp3) is 0.455. The molecule has 1 rings (SSSR count). The Morgan fingerprint density at radius 1 is 1.07 bits per heavy atom. The topological polar surface area (TPSA) is 9.23 Å². The van der Waals surface area contributed by atoms with Gasteiger partial charge in [-0.1, -0.05) is 44.0 Å². The molecule has 0 spiro atoms. The number of benzene rings is 1. The normalized spacial score (nSPS) is 11.6. The van der Waals surface area contributed by atoms with E-state index in [0.717, 1.165) is 11.3 Å². The molecule has 0 N–H and O–H groups in total. The highest BCUT2D eigenvalue weighted by atomic mass is 35.5. The highest BCUT2D eigenvalue weighted by Gasteiger charge is 2.20. The Labute approximate surface area is 95.0 Å². The van der Waals surface area contributed by atoms with Crippen LogP contribution in [-0.4, -0.2) is 7.11 Å². The van der Waals surface area contributed by atoms with Gasteiger partial charge in [-0.3, -0.25) is 0 Å². The van der Waals surface area contributed by atoms with Crippen LogP contribution in [0.3, 0.4) is 0 Å². The Bertz CT molecular complexity index is 340. The minimum absolute atomic E-state index is 0.000424. The van der Waals surface area contributed by atoms with Crippen molar-refractivity contribution in [2.24, 2.45) is 0 Å². The molecule has 0 aliphatic rings. The molecule has 14 heavy (non-hydrogen) atoms. The van der Waals surface area contributed by atoms with Crippen LogP contribution in [0.5, 0.6) is 5.75 Å². The fourth-order valence-electron chi connectivity index (χ4n) is 1.28. The third-order valence-corrected chi connectivity index (χ3v) is 2.77. The molecular weight excluding hydrogens is 219 g/mol. The van der Waals surface area contributed by atoms with Crippen LogP contribution in [-0.2, 0) is 5.41 Å². The van der Waals surface area contributed by atoms with Gasteiger partial charge >= 0.3 is 0 Å². The molecule has 3 heteroatoms. The molecule has 0 aliphatic heterocycles. The molecule has 0 unspecified atom stereocenters.